The Morgan fingerprint density at radius 2 is 2.44 bits per heavy atom. The molecule has 0 amide bonds. The monoisotopic (exact) mass is 240 g/mol. The first-order chi connectivity index (χ1) is 7.79. The maximum absolute atomic E-state index is 5.17. The van der Waals surface area contributed by atoms with E-state index in [9.17, 15) is 0 Å². The lowest BCUT2D eigenvalue weighted by Crippen LogP contribution is -2.34. The van der Waals surface area contributed by atoms with Gasteiger partial charge in [0.2, 0.25) is 0 Å². The summed E-state index contributed by atoms with van der Waals surface area (Å²) in [6.45, 7) is 3.30. The highest BCUT2D eigenvalue weighted by atomic mass is 32.1. The summed E-state index contributed by atoms with van der Waals surface area (Å²) in [5, 5.41) is 4.52. The van der Waals surface area contributed by atoms with E-state index in [1.54, 1.807) is 18.4 Å². The number of likely N-dealkylation sites (N-methyl/N-ethyl adjacent to an activating group) is 1. The highest BCUT2D eigenvalue weighted by Crippen LogP contribution is 2.23. The van der Waals surface area contributed by atoms with Crippen molar-refractivity contribution in [1.29, 1.82) is 0 Å². The topological polar surface area (TPSA) is 24.5 Å². The predicted molar refractivity (Wildman–Crippen MR) is 68.2 cm³/mol. The molecule has 90 valence electrons. The third-order valence-corrected chi connectivity index (χ3v) is 4.24. The molecule has 1 aromatic rings. The van der Waals surface area contributed by atoms with E-state index >= 15 is 0 Å². The Morgan fingerprint density at radius 3 is 3.06 bits per heavy atom. The van der Waals surface area contributed by atoms with E-state index in [1.807, 2.05) is 6.07 Å². The summed E-state index contributed by atoms with van der Waals surface area (Å²) in [4.78, 5) is 3.79. The molecule has 16 heavy (non-hydrogen) atoms. The van der Waals surface area contributed by atoms with E-state index in [-0.39, 0.29) is 0 Å². The van der Waals surface area contributed by atoms with E-state index in [4.69, 9.17) is 4.74 Å². The van der Waals surface area contributed by atoms with Crippen molar-refractivity contribution in [2.45, 2.75) is 25.4 Å². The maximum atomic E-state index is 5.17. The quantitative estimate of drug-likeness (QED) is 0.851. The molecule has 1 aliphatic heterocycles. The van der Waals surface area contributed by atoms with Gasteiger partial charge in [0, 0.05) is 24.0 Å². The largest absolute Gasteiger partial charge is 0.487 e. The van der Waals surface area contributed by atoms with Gasteiger partial charge in [0.15, 0.2) is 5.06 Å². The third kappa shape index (κ3) is 2.97. The second kappa shape index (κ2) is 5.66. The van der Waals surface area contributed by atoms with Crippen LogP contribution in [0.1, 0.15) is 17.7 Å². The van der Waals surface area contributed by atoms with Gasteiger partial charge in [-0.25, -0.2) is 0 Å². The van der Waals surface area contributed by atoms with Gasteiger partial charge >= 0.3 is 0 Å². The van der Waals surface area contributed by atoms with Gasteiger partial charge < -0.3 is 15.0 Å². The fraction of sp³-hybridized carbons (Fsp3) is 0.667. The molecule has 4 heteroatoms. The van der Waals surface area contributed by atoms with Gasteiger partial charge in [-0.1, -0.05) is 0 Å². The molecule has 1 aliphatic rings. The summed E-state index contributed by atoms with van der Waals surface area (Å²) >= 11 is 1.72. The highest BCUT2D eigenvalue weighted by Gasteiger charge is 2.19. The van der Waals surface area contributed by atoms with Crippen molar-refractivity contribution in [2.75, 3.05) is 27.2 Å². The third-order valence-electron chi connectivity index (χ3n) is 3.19. The maximum Gasteiger partial charge on any atom is 0.173 e. The Labute approximate surface area is 101 Å². The van der Waals surface area contributed by atoms with Crippen molar-refractivity contribution >= 4 is 11.3 Å². The molecular formula is C12H20N2OS. The molecule has 1 aromatic heterocycles. The Balaban J connectivity index is 1.71. The van der Waals surface area contributed by atoms with Crippen LogP contribution in [0.2, 0.25) is 0 Å². The summed E-state index contributed by atoms with van der Waals surface area (Å²) in [6, 6.07) is 4.89. The van der Waals surface area contributed by atoms with E-state index in [0.29, 0.717) is 0 Å². The molecule has 0 spiro atoms. The minimum Gasteiger partial charge on any atom is -0.487 e. The zero-order valence-corrected chi connectivity index (χ0v) is 10.8. The molecule has 0 aromatic carbocycles. The van der Waals surface area contributed by atoms with Crippen LogP contribution in [0.25, 0.3) is 0 Å². The first-order valence-electron chi connectivity index (χ1n) is 5.83. The van der Waals surface area contributed by atoms with E-state index in [1.165, 1.54) is 24.3 Å². The van der Waals surface area contributed by atoms with Gasteiger partial charge in [-0.2, -0.15) is 0 Å². The van der Waals surface area contributed by atoms with Crippen LogP contribution in [0, 0.1) is 0 Å². The van der Waals surface area contributed by atoms with Crippen molar-refractivity contribution in [1.82, 2.24) is 10.2 Å². The minimum atomic E-state index is 0.724. The Hall–Kier alpha value is -0.580. The molecule has 3 nitrogen and oxygen atoms in total. The fourth-order valence-corrected chi connectivity index (χ4v) is 2.95. The first kappa shape index (κ1) is 11.9. The Kier molecular flexibility index (Phi) is 4.21. The predicted octanol–water partition coefficient (Wildman–Crippen LogP) is 1.94. The zero-order valence-electron chi connectivity index (χ0n) is 10.0. The Morgan fingerprint density at radius 1 is 1.56 bits per heavy atom. The van der Waals surface area contributed by atoms with Crippen LogP contribution in [-0.4, -0.2) is 38.2 Å². The van der Waals surface area contributed by atoms with Crippen LogP contribution in [0.5, 0.6) is 5.06 Å². The lowest BCUT2D eigenvalue weighted by Gasteiger charge is -2.19. The number of ether oxygens (including phenoxy) is 1. The summed E-state index contributed by atoms with van der Waals surface area (Å²) in [7, 11) is 3.93. The van der Waals surface area contributed by atoms with Crippen LogP contribution in [-0.2, 0) is 6.54 Å². The number of hydrogen-bond donors (Lipinski definition) is 1. The minimum absolute atomic E-state index is 0.724. The van der Waals surface area contributed by atoms with Crippen molar-refractivity contribution in [3.63, 3.8) is 0 Å². The van der Waals surface area contributed by atoms with Crippen molar-refractivity contribution in [3.8, 4) is 5.06 Å². The number of likely N-dealkylation sites (tertiary alicyclic amines) is 1. The summed E-state index contributed by atoms with van der Waals surface area (Å²) in [6.07, 6.45) is 2.67. The second-order valence-corrected chi connectivity index (χ2v) is 5.46. The standard InChI is InChI=1S/C12H20N2OS/c1-14-7-3-4-10(14)8-13-9-11-5-6-12(15-2)16-11/h5-6,10,13H,3-4,7-9H2,1-2H3. The Bertz CT molecular complexity index is 327. The normalized spacial score (nSPS) is 21.5. The van der Waals surface area contributed by atoms with Crippen LogP contribution < -0.4 is 10.1 Å². The fourth-order valence-electron chi connectivity index (χ4n) is 2.16. The molecule has 2 rings (SSSR count). The molecular weight excluding hydrogens is 220 g/mol. The molecule has 0 radical (unpaired) electrons. The van der Waals surface area contributed by atoms with Crippen LogP contribution in [0.3, 0.4) is 0 Å². The number of nitrogens with zero attached hydrogens (tertiary/aromatic N) is 1. The zero-order chi connectivity index (χ0) is 11.4. The molecule has 1 fully saturated rings. The van der Waals surface area contributed by atoms with Crippen LogP contribution >= 0.6 is 11.3 Å². The van der Waals surface area contributed by atoms with Gasteiger partial charge in [-0.3, -0.25) is 0 Å². The SMILES string of the molecule is COc1ccc(CNCC2CCCN2C)s1. The van der Waals surface area contributed by atoms with Crippen LogP contribution in [0.15, 0.2) is 12.1 Å². The second-order valence-electron chi connectivity index (χ2n) is 4.33. The van der Waals surface area contributed by atoms with Crippen molar-refractivity contribution in [3.05, 3.63) is 17.0 Å². The van der Waals surface area contributed by atoms with Crippen molar-refractivity contribution in [2.24, 2.45) is 0 Å². The molecule has 1 saturated heterocycles. The molecule has 1 atom stereocenters. The highest BCUT2D eigenvalue weighted by molar-refractivity contribution is 7.13. The van der Waals surface area contributed by atoms with Gasteiger partial charge in [0.05, 0.1) is 7.11 Å². The average molecular weight is 240 g/mol. The number of nitrogens with one attached hydrogen (secondary N) is 1. The molecule has 1 unspecified atom stereocenters. The van der Waals surface area contributed by atoms with Gasteiger partial charge in [-0.05, 0) is 38.6 Å². The summed E-state index contributed by atoms with van der Waals surface area (Å²) < 4.78 is 5.17. The van der Waals surface area contributed by atoms with E-state index < -0.39 is 0 Å². The van der Waals surface area contributed by atoms with Crippen LogP contribution in [0.4, 0.5) is 0 Å². The van der Waals surface area contributed by atoms with E-state index in [2.05, 4.69) is 23.3 Å². The lowest BCUT2D eigenvalue weighted by molar-refractivity contribution is 0.300. The smallest absolute Gasteiger partial charge is 0.173 e. The molecule has 0 saturated carbocycles. The summed E-state index contributed by atoms with van der Waals surface area (Å²) in [5.74, 6) is 0. The summed E-state index contributed by atoms with van der Waals surface area (Å²) in [5.41, 5.74) is 0. The molecule has 2 heterocycles. The number of methoxy groups -OCH3 is 1. The lowest BCUT2D eigenvalue weighted by atomic mass is 10.2. The first-order valence-corrected chi connectivity index (χ1v) is 6.65. The van der Waals surface area contributed by atoms with Gasteiger partial charge in [0.25, 0.3) is 0 Å². The average Bonchev–Trinajstić information content (AvgIpc) is 2.89. The molecule has 0 aliphatic carbocycles. The number of rotatable bonds is 5. The van der Waals surface area contributed by atoms with Gasteiger partial charge in [-0.15, -0.1) is 11.3 Å². The number of hydrogen-bond acceptors (Lipinski definition) is 4. The number of thiophene rings is 1. The van der Waals surface area contributed by atoms with E-state index in [0.717, 1.165) is 24.2 Å². The van der Waals surface area contributed by atoms with Gasteiger partial charge in [0.1, 0.15) is 0 Å². The molecule has 0 bridgehead atoms. The molecule has 1 N–H and O–H groups in total. The van der Waals surface area contributed by atoms with Crippen molar-refractivity contribution < 1.29 is 4.74 Å².